The first-order chi connectivity index (χ1) is 11.6. The lowest BCUT2D eigenvalue weighted by Gasteiger charge is -2.09. The Labute approximate surface area is 139 Å². The zero-order valence-electron chi connectivity index (χ0n) is 13.7. The molecule has 6 heteroatoms. The van der Waals surface area contributed by atoms with Crippen molar-refractivity contribution in [3.05, 3.63) is 53.5 Å². The second-order valence-corrected chi connectivity index (χ2v) is 5.51. The van der Waals surface area contributed by atoms with Crippen molar-refractivity contribution < 1.29 is 14.1 Å². The molecule has 2 heterocycles. The van der Waals surface area contributed by atoms with Gasteiger partial charge in [-0.05, 0) is 26.0 Å². The third-order valence-corrected chi connectivity index (χ3v) is 3.80. The topological polar surface area (TPSA) is 77.2 Å². The van der Waals surface area contributed by atoms with Crippen molar-refractivity contribution in [2.75, 3.05) is 13.2 Å². The third kappa shape index (κ3) is 3.53. The van der Waals surface area contributed by atoms with Gasteiger partial charge in [0.25, 0.3) is 0 Å². The fourth-order valence-electron chi connectivity index (χ4n) is 2.52. The van der Waals surface area contributed by atoms with E-state index in [-0.39, 0.29) is 12.3 Å². The maximum Gasteiger partial charge on any atom is 0.224 e. The van der Waals surface area contributed by atoms with Crippen molar-refractivity contribution in [1.29, 1.82) is 0 Å². The predicted octanol–water partition coefficient (Wildman–Crippen LogP) is 2.58. The first-order valence-electron chi connectivity index (χ1n) is 7.80. The van der Waals surface area contributed by atoms with Crippen LogP contribution in [0, 0.1) is 13.8 Å². The second-order valence-electron chi connectivity index (χ2n) is 5.51. The lowest BCUT2D eigenvalue weighted by Crippen LogP contribution is -2.29. The van der Waals surface area contributed by atoms with Crippen LogP contribution in [0.15, 0.2) is 41.1 Å². The van der Waals surface area contributed by atoms with Crippen LogP contribution >= 0.6 is 0 Å². The first kappa shape index (κ1) is 16.0. The summed E-state index contributed by atoms with van der Waals surface area (Å²) in [5.41, 5.74) is 2.41. The van der Waals surface area contributed by atoms with Crippen LogP contribution in [0.3, 0.4) is 0 Å². The summed E-state index contributed by atoms with van der Waals surface area (Å²) in [5.74, 6) is 1.32. The number of rotatable bonds is 6. The van der Waals surface area contributed by atoms with Crippen molar-refractivity contribution in [3.63, 3.8) is 0 Å². The number of hydrogen-bond donors (Lipinski definition) is 1. The number of carbonyl (C=O) groups excluding carboxylic acids is 1. The minimum atomic E-state index is -0.0796. The molecule has 124 valence electrons. The lowest BCUT2D eigenvalue weighted by atomic mass is 10.1. The number of fused-ring (bicyclic) bond motifs is 1. The molecular formula is C18H19N3O3. The van der Waals surface area contributed by atoms with Crippen molar-refractivity contribution in [2.45, 2.75) is 20.3 Å². The van der Waals surface area contributed by atoms with Gasteiger partial charge in [0.05, 0.1) is 18.7 Å². The Hall–Kier alpha value is -2.89. The van der Waals surface area contributed by atoms with E-state index in [0.29, 0.717) is 24.7 Å². The number of aromatic nitrogens is 2. The fraction of sp³-hybridized carbons (Fsp3) is 0.278. The first-order valence-corrected chi connectivity index (χ1v) is 7.80. The van der Waals surface area contributed by atoms with Crippen LogP contribution < -0.4 is 10.1 Å². The monoisotopic (exact) mass is 325 g/mol. The van der Waals surface area contributed by atoms with Crippen LogP contribution in [0.25, 0.3) is 10.9 Å². The summed E-state index contributed by atoms with van der Waals surface area (Å²) in [7, 11) is 0. The molecule has 0 aliphatic heterocycles. The van der Waals surface area contributed by atoms with Crippen molar-refractivity contribution in [3.8, 4) is 5.75 Å². The molecule has 6 nitrogen and oxygen atoms in total. The van der Waals surface area contributed by atoms with Crippen LogP contribution in [-0.4, -0.2) is 29.2 Å². The average Bonchev–Trinajstić information content (AvgIpc) is 2.91. The summed E-state index contributed by atoms with van der Waals surface area (Å²) < 4.78 is 10.8. The van der Waals surface area contributed by atoms with Crippen LogP contribution in [0.2, 0.25) is 0 Å². The fourth-order valence-corrected chi connectivity index (χ4v) is 2.52. The maximum atomic E-state index is 12.0. The van der Waals surface area contributed by atoms with Gasteiger partial charge in [0, 0.05) is 17.1 Å². The number of carbonyl (C=O) groups is 1. The Balaban J connectivity index is 1.51. The van der Waals surface area contributed by atoms with E-state index >= 15 is 0 Å². The largest absolute Gasteiger partial charge is 0.489 e. The van der Waals surface area contributed by atoms with Gasteiger partial charge >= 0.3 is 0 Å². The molecule has 3 aromatic rings. The summed E-state index contributed by atoms with van der Waals surface area (Å²) in [6.45, 7) is 4.43. The molecule has 0 saturated heterocycles. The maximum absolute atomic E-state index is 12.0. The summed E-state index contributed by atoms with van der Waals surface area (Å²) in [5, 5.41) is 7.71. The number of amides is 1. The van der Waals surface area contributed by atoms with Crippen molar-refractivity contribution in [1.82, 2.24) is 15.5 Å². The van der Waals surface area contributed by atoms with Crippen LogP contribution in [0.5, 0.6) is 5.75 Å². The number of benzene rings is 1. The standard InChI is InChI=1S/C18H19N3O3/c1-12-15(13(2)24-21-12)11-17(22)19-9-10-23-16-7-3-5-14-6-4-8-20-18(14)16/h3-8H,9-11H2,1-2H3,(H,19,22). The zero-order valence-corrected chi connectivity index (χ0v) is 13.7. The second kappa shape index (κ2) is 7.12. The number of ether oxygens (including phenoxy) is 1. The highest BCUT2D eigenvalue weighted by Gasteiger charge is 2.13. The van der Waals surface area contributed by atoms with Gasteiger partial charge in [0.15, 0.2) is 0 Å². The molecule has 0 atom stereocenters. The molecule has 0 aliphatic rings. The Morgan fingerprint density at radius 1 is 1.25 bits per heavy atom. The van der Waals surface area contributed by atoms with E-state index in [2.05, 4.69) is 15.5 Å². The number of pyridine rings is 1. The van der Waals surface area contributed by atoms with Gasteiger partial charge in [-0.3, -0.25) is 9.78 Å². The highest BCUT2D eigenvalue weighted by atomic mass is 16.5. The average molecular weight is 325 g/mol. The van der Waals surface area contributed by atoms with E-state index in [1.807, 2.05) is 37.3 Å². The number of nitrogens with zero attached hydrogens (tertiary/aromatic N) is 2. The number of hydrogen-bond acceptors (Lipinski definition) is 5. The minimum Gasteiger partial charge on any atom is -0.489 e. The van der Waals surface area contributed by atoms with E-state index in [1.165, 1.54) is 0 Å². The van der Waals surface area contributed by atoms with E-state index in [4.69, 9.17) is 9.26 Å². The molecule has 3 rings (SSSR count). The molecular weight excluding hydrogens is 306 g/mol. The van der Waals surface area contributed by atoms with Gasteiger partial charge in [0.1, 0.15) is 23.6 Å². The van der Waals surface area contributed by atoms with Gasteiger partial charge in [-0.2, -0.15) is 0 Å². The summed E-state index contributed by atoms with van der Waals surface area (Å²) in [6.07, 6.45) is 2.00. The third-order valence-electron chi connectivity index (χ3n) is 3.80. The molecule has 0 spiro atoms. The molecule has 0 radical (unpaired) electrons. The van der Waals surface area contributed by atoms with Gasteiger partial charge in [0.2, 0.25) is 5.91 Å². The van der Waals surface area contributed by atoms with E-state index in [9.17, 15) is 4.79 Å². The highest BCUT2D eigenvalue weighted by molar-refractivity contribution is 5.84. The SMILES string of the molecule is Cc1noc(C)c1CC(=O)NCCOc1cccc2cccnc12. The number of aryl methyl sites for hydroxylation is 2. The van der Waals surface area contributed by atoms with Gasteiger partial charge in [-0.15, -0.1) is 0 Å². The predicted molar refractivity (Wildman–Crippen MR) is 89.9 cm³/mol. The number of para-hydroxylation sites is 1. The highest BCUT2D eigenvalue weighted by Crippen LogP contribution is 2.22. The molecule has 24 heavy (non-hydrogen) atoms. The summed E-state index contributed by atoms with van der Waals surface area (Å²) in [4.78, 5) is 16.3. The van der Waals surface area contributed by atoms with Gasteiger partial charge in [-0.25, -0.2) is 0 Å². The molecule has 0 aliphatic carbocycles. The van der Waals surface area contributed by atoms with E-state index in [1.54, 1.807) is 13.1 Å². The molecule has 0 fully saturated rings. The Kier molecular flexibility index (Phi) is 4.74. The molecule has 0 bridgehead atoms. The zero-order chi connectivity index (χ0) is 16.9. The molecule has 0 saturated carbocycles. The Bertz CT molecular complexity index is 833. The van der Waals surface area contributed by atoms with E-state index < -0.39 is 0 Å². The normalized spacial score (nSPS) is 10.8. The summed E-state index contributed by atoms with van der Waals surface area (Å²) >= 11 is 0. The molecule has 1 aromatic carbocycles. The van der Waals surface area contributed by atoms with Crippen LogP contribution in [-0.2, 0) is 11.2 Å². The smallest absolute Gasteiger partial charge is 0.224 e. The van der Waals surface area contributed by atoms with E-state index in [0.717, 1.165) is 22.2 Å². The number of nitrogens with one attached hydrogen (secondary N) is 1. The summed E-state index contributed by atoms with van der Waals surface area (Å²) in [6, 6.07) is 9.67. The molecule has 1 amide bonds. The Morgan fingerprint density at radius 2 is 2.08 bits per heavy atom. The molecule has 2 aromatic heterocycles. The van der Waals surface area contributed by atoms with Crippen molar-refractivity contribution in [2.24, 2.45) is 0 Å². The Morgan fingerprint density at radius 3 is 2.88 bits per heavy atom. The van der Waals surface area contributed by atoms with Crippen LogP contribution in [0.1, 0.15) is 17.0 Å². The molecule has 1 N–H and O–H groups in total. The van der Waals surface area contributed by atoms with Crippen molar-refractivity contribution >= 4 is 16.8 Å². The van der Waals surface area contributed by atoms with Crippen LogP contribution in [0.4, 0.5) is 0 Å². The van der Waals surface area contributed by atoms with Gasteiger partial charge < -0.3 is 14.6 Å². The minimum absolute atomic E-state index is 0.0796. The molecule has 0 unspecified atom stereocenters. The van der Waals surface area contributed by atoms with Gasteiger partial charge in [-0.1, -0.05) is 23.4 Å². The quantitative estimate of drug-likeness (QED) is 0.705. The lowest BCUT2D eigenvalue weighted by molar-refractivity contribution is -0.120.